The first-order chi connectivity index (χ1) is 13.8. The predicted octanol–water partition coefficient (Wildman–Crippen LogP) is 7.71. The fourth-order valence-electron chi connectivity index (χ4n) is 4.48. The highest BCUT2D eigenvalue weighted by atomic mass is 16.5. The monoisotopic (exact) mass is 382 g/mol. The summed E-state index contributed by atoms with van der Waals surface area (Å²) in [7, 11) is 0. The van der Waals surface area contributed by atoms with Crippen molar-refractivity contribution in [2.24, 2.45) is 5.92 Å². The number of hydrogen-bond donors (Lipinski definition) is 0. The second-order valence-corrected chi connectivity index (χ2v) is 8.68. The molecule has 3 rings (SSSR count). The van der Waals surface area contributed by atoms with Gasteiger partial charge in [-0.05, 0) is 62.1 Å². The number of benzene rings is 1. The van der Waals surface area contributed by atoms with E-state index >= 15 is 0 Å². The first-order valence-electron chi connectivity index (χ1n) is 11.7. The third-order valence-electron chi connectivity index (χ3n) is 6.39. The predicted molar refractivity (Wildman–Crippen MR) is 116 cm³/mol. The van der Waals surface area contributed by atoms with Gasteiger partial charge < -0.3 is 4.52 Å². The lowest BCUT2D eigenvalue weighted by atomic mass is 9.79. The van der Waals surface area contributed by atoms with Gasteiger partial charge in [0.05, 0.1) is 0 Å². The highest BCUT2D eigenvalue weighted by Gasteiger charge is 2.25. The molecule has 28 heavy (non-hydrogen) atoms. The lowest BCUT2D eigenvalue weighted by Crippen LogP contribution is -2.14. The molecular formula is C25H38N2O. The molecule has 0 saturated heterocycles. The summed E-state index contributed by atoms with van der Waals surface area (Å²) in [5.41, 5.74) is 2.44. The van der Waals surface area contributed by atoms with Crippen molar-refractivity contribution in [1.29, 1.82) is 0 Å². The Kier molecular flexibility index (Phi) is 8.57. The van der Waals surface area contributed by atoms with Crippen molar-refractivity contribution in [3.8, 4) is 11.5 Å². The lowest BCUT2D eigenvalue weighted by molar-refractivity contribution is 0.291. The summed E-state index contributed by atoms with van der Waals surface area (Å²) in [6, 6.07) is 8.68. The van der Waals surface area contributed by atoms with Crippen LogP contribution >= 0.6 is 0 Å². The highest BCUT2D eigenvalue weighted by Crippen LogP contribution is 2.37. The van der Waals surface area contributed by atoms with Gasteiger partial charge in [0, 0.05) is 11.5 Å². The number of aromatic nitrogens is 2. The SMILES string of the molecule is CCCCCCC1CCC(c2noc(-c3ccc(CCCCC)cc3)n2)CC1. The summed E-state index contributed by atoms with van der Waals surface area (Å²) >= 11 is 0. The van der Waals surface area contributed by atoms with Gasteiger partial charge in [-0.2, -0.15) is 4.98 Å². The molecule has 0 spiro atoms. The van der Waals surface area contributed by atoms with Crippen molar-refractivity contribution < 1.29 is 4.52 Å². The second-order valence-electron chi connectivity index (χ2n) is 8.68. The van der Waals surface area contributed by atoms with E-state index in [0.717, 1.165) is 23.7 Å². The molecule has 0 unspecified atom stereocenters. The average Bonchev–Trinajstić information content (AvgIpc) is 3.23. The number of rotatable bonds is 11. The molecule has 1 aliphatic rings. The van der Waals surface area contributed by atoms with E-state index in [2.05, 4.69) is 43.3 Å². The maximum absolute atomic E-state index is 5.60. The molecule has 1 heterocycles. The summed E-state index contributed by atoms with van der Waals surface area (Å²) in [6.07, 6.45) is 17.0. The molecule has 0 atom stereocenters. The van der Waals surface area contributed by atoms with Crippen LogP contribution in [-0.2, 0) is 6.42 Å². The maximum atomic E-state index is 5.60. The van der Waals surface area contributed by atoms with Crippen molar-refractivity contribution in [3.63, 3.8) is 0 Å². The molecule has 1 aliphatic carbocycles. The molecule has 0 N–H and O–H groups in total. The molecule has 0 radical (unpaired) electrons. The average molecular weight is 383 g/mol. The number of aryl methyl sites for hydroxylation is 1. The highest BCUT2D eigenvalue weighted by molar-refractivity contribution is 5.53. The van der Waals surface area contributed by atoms with E-state index in [1.165, 1.54) is 82.6 Å². The Morgan fingerprint density at radius 3 is 2.29 bits per heavy atom. The molecule has 3 nitrogen and oxygen atoms in total. The molecule has 2 aromatic rings. The summed E-state index contributed by atoms with van der Waals surface area (Å²) in [5.74, 6) is 3.00. The zero-order chi connectivity index (χ0) is 19.6. The van der Waals surface area contributed by atoms with Crippen molar-refractivity contribution in [2.45, 2.75) is 103 Å². The van der Waals surface area contributed by atoms with Gasteiger partial charge in [0.25, 0.3) is 5.89 Å². The molecule has 1 saturated carbocycles. The Bertz CT molecular complexity index is 668. The van der Waals surface area contributed by atoms with Gasteiger partial charge in [-0.15, -0.1) is 0 Å². The molecule has 0 amide bonds. The van der Waals surface area contributed by atoms with E-state index < -0.39 is 0 Å². The summed E-state index contributed by atoms with van der Waals surface area (Å²) in [5, 5.41) is 4.32. The van der Waals surface area contributed by atoms with E-state index in [9.17, 15) is 0 Å². The van der Waals surface area contributed by atoms with E-state index in [0.29, 0.717) is 11.8 Å². The van der Waals surface area contributed by atoms with E-state index in [1.807, 2.05) is 0 Å². The quantitative estimate of drug-likeness (QED) is 0.373. The molecule has 154 valence electrons. The van der Waals surface area contributed by atoms with Crippen molar-refractivity contribution in [1.82, 2.24) is 10.1 Å². The van der Waals surface area contributed by atoms with Crippen LogP contribution in [0.25, 0.3) is 11.5 Å². The Hall–Kier alpha value is -1.64. The zero-order valence-corrected chi connectivity index (χ0v) is 18.0. The normalized spacial score (nSPS) is 19.8. The standard InChI is InChI=1S/C25H38N2O/c1-3-5-7-9-11-21-12-16-22(17-13-21)24-26-25(28-27-24)23-18-14-20(15-19-23)10-8-6-4-2/h14-15,18-19,21-22H,3-13,16-17H2,1-2H3. The van der Waals surface area contributed by atoms with Crippen LogP contribution in [0, 0.1) is 5.92 Å². The van der Waals surface area contributed by atoms with E-state index in [-0.39, 0.29) is 0 Å². The van der Waals surface area contributed by atoms with E-state index in [4.69, 9.17) is 9.51 Å². The molecule has 1 aromatic heterocycles. The van der Waals surface area contributed by atoms with Gasteiger partial charge in [-0.1, -0.05) is 76.1 Å². The maximum Gasteiger partial charge on any atom is 0.257 e. The Morgan fingerprint density at radius 2 is 1.57 bits per heavy atom. The van der Waals surface area contributed by atoms with Crippen molar-refractivity contribution in [3.05, 3.63) is 35.7 Å². The van der Waals surface area contributed by atoms with Crippen LogP contribution in [0.4, 0.5) is 0 Å². The van der Waals surface area contributed by atoms with Crippen LogP contribution in [0.1, 0.15) is 108 Å². The Labute approximate surface area is 171 Å². The van der Waals surface area contributed by atoms with Gasteiger partial charge in [0.1, 0.15) is 0 Å². The second kappa shape index (κ2) is 11.4. The third-order valence-corrected chi connectivity index (χ3v) is 6.39. The molecule has 0 aliphatic heterocycles. The van der Waals surface area contributed by atoms with Gasteiger partial charge in [-0.3, -0.25) is 0 Å². The molecular weight excluding hydrogens is 344 g/mol. The van der Waals surface area contributed by atoms with Gasteiger partial charge in [0.2, 0.25) is 0 Å². The minimum absolute atomic E-state index is 0.484. The fraction of sp³-hybridized carbons (Fsp3) is 0.680. The number of nitrogens with zero attached hydrogens (tertiary/aromatic N) is 2. The minimum atomic E-state index is 0.484. The van der Waals surface area contributed by atoms with Crippen LogP contribution in [0.5, 0.6) is 0 Å². The topological polar surface area (TPSA) is 38.9 Å². The zero-order valence-electron chi connectivity index (χ0n) is 18.0. The minimum Gasteiger partial charge on any atom is -0.334 e. The first kappa shape index (κ1) is 21.1. The summed E-state index contributed by atoms with van der Waals surface area (Å²) in [6.45, 7) is 4.53. The molecule has 1 fully saturated rings. The number of unbranched alkanes of at least 4 members (excludes halogenated alkanes) is 5. The van der Waals surface area contributed by atoms with Crippen LogP contribution in [0.2, 0.25) is 0 Å². The van der Waals surface area contributed by atoms with Crippen LogP contribution in [0.15, 0.2) is 28.8 Å². The number of hydrogen-bond acceptors (Lipinski definition) is 3. The smallest absolute Gasteiger partial charge is 0.257 e. The van der Waals surface area contributed by atoms with Crippen molar-refractivity contribution >= 4 is 0 Å². The lowest BCUT2D eigenvalue weighted by Gasteiger charge is -2.26. The molecule has 3 heteroatoms. The van der Waals surface area contributed by atoms with Gasteiger partial charge in [-0.25, -0.2) is 0 Å². The van der Waals surface area contributed by atoms with Crippen LogP contribution < -0.4 is 0 Å². The van der Waals surface area contributed by atoms with Gasteiger partial charge >= 0.3 is 0 Å². The largest absolute Gasteiger partial charge is 0.334 e. The van der Waals surface area contributed by atoms with Crippen LogP contribution in [0.3, 0.4) is 0 Å². The van der Waals surface area contributed by atoms with Crippen molar-refractivity contribution in [2.75, 3.05) is 0 Å². The van der Waals surface area contributed by atoms with E-state index in [1.54, 1.807) is 0 Å². The molecule has 0 bridgehead atoms. The first-order valence-corrected chi connectivity index (χ1v) is 11.7. The van der Waals surface area contributed by atoms with Crippen LogP contribution in [-0.4, -0.2) is 10.1 Å². The van der Waals surface area contributed by atoms with Gasteiger partial charge in [0.15, 0.2) is 5.82 Å². The molecule has 1 aromatic carbocycles. The summed E-state index contributed by atoms with van der Waals surface area (Å²) in [4.78, 5) is 4.74. The Morgan fingerprint density at radius 1 is 0.857 bits per heavy atom. The third kappa shape index (κ3) is 6.18. The Balaban J connectivity index is 1.48. The summed E-state index contributed by atoms with van der Waals surface area (Å²) < 4.78 is 5.60. The fourth-order valence-corrected chi connectivity index (χ4v) is 4.48.